The fourth-order valence-corrected chi connectivity index (χ4v) is 6.20. The first-order chi connectivity index (χ1) is 24.6. The fraction of sp³-hybridized carbons (Fsp3) is 0.545. The van der Waals surface area contributed by atoms with Gasteiger partial charge in [0.25, 0.3) is 0 Å². The lowest BCUT2D eigenvalue weighted by Gasteiger charge is -2.46. The SMILES string of the molecule is C[C@@H]1O[C@@H](O[C@H]2[C@H](OC[C@H]3O[C@@H](Oc4c(-c5ccc(O)cc5)oc5cc(O)cc(O)c5c4=O)[C@H](O)[C@@H](O)[C@@H]3O)O[C@@H](C)[C@H](O)[C@H]2O)[C@H](O)[C@H](O)[C@H]1O. The molecule has 15 atom stereocenters. The van der Waals surface area contributed by atoms with E-state index < -0.39 is 127 Å². The van der Waals surface area contributed by atoms with Gasteiger partial charge in [-0.3, -0.25) is 4.79 Å². The van der Waals surface area contributed by atoms with Crippen LogP contribution in [-0.4, -0.2) is 155 Å². The third-order valence-electron chi connectivity index (χ3n) is 9.26. The molecule has 0 unspecified atom stereocenters. The maximum Gasteiger partial charge on any atom is 0.239 e. The zero-order valence-corrected chi connectivity index (χ0v) is 27.5. The second kappa shape index (κ2) is 15.0. The minimum Gasteiger partial charge on any atom is -0.508 e. The van der Waals surface area contributed by atoms with E-state index in [1.165, 1.54) is 38.1 Å². The Balaban J connectivity index is 1.26. The van der Waals surface area contributed by atoms with Crippen molar-refractivity contribution >= 4 is 11.0 Å². The maximum absolute atomic E-state index is 13.7. The molecule has 11 N–H and O–H groups in total. The number of ether oxygens (including phenoxy) is 6. The van der Waals surface area contributed by atoms with Crippen molar-refractivity contribution < 1.29 is 89.0 Å². The molecular formula is C33H40O19. The molecule has 0 aliphatic carbocycles. The van der Waals surface area contributed by atoms with E-state index in [-0.39, 0.29) is 22.7 Å². The first-order valence-electron chi connectivity index (χ1n) is 16.2. The van der Waals surface area contributed by atoms with E-state index in [0.717, 1.165) is 12.1 Å². The van der Waals surface area contributed by atoms with Gasteiger partial charge in [0.2, 0.25) is 17.5 Å². The number of aliphatic hydroxyl groups excluding tert-OH is 8. The van der Waals surface area contributed by atoms with Gasteiger partial charge in [0, 0.05) is 17.7 Å². The van der Waals surface area contributed by atoms with E-state index in [1.54, 1.807) is 0 Å². The Labute approximate surface area is 293 Å². The Morgan fingerprint density at radius 1 is 0.654 bits per heavy atom. The number of phenols is 3. The Hall–Kier alpha value is -3.67. The molecule has 3 fully saturated rings. The summed E-state index contributed by atoms with van der Waals surface area (Å²) in [5.41, 5.74) is -1.07. The highest BCUT2D eigenvalue weighted by molar-refractivity contribution is 5.88. The van der Waals surface area contributed by atoms with Crippen LogP contribution in [0.5, 0.6) is 23.0 Å². The summed E-state index contributed by atoms with van der Waals surface area (Å²) in [6.45, 7) is 2.14. The minimum absolute atomic E-state index is 0.130. The van der Waals surface area contributed by atoms with Gasteiger partial charge in [0.15, 0.2) is 18.3 Å². The average Bonchev–Trinajstić information content (AvgIpc) is 3.10. The van der Waals surface area contributed by atoms with Crippen molar-refractivity contribution in [3.63, 3.8) is 0 Å². The number of fused-ring (bicyclic) bond motifs is 1. The molecule has 286 valence electrons. The highest BCUT2D eigenvalue weighted by atomic mass is 16.8. The molecule has 19 heteroatoms. The molecule has 19 nitrogen and oxygen atoms in total. The average molecular weight is 741 g/mol. The zero-order chi connectivity index (χ0) is 37.8. The van der Waals surface area contributed by atoms with E-state index >= 15 is 0 Å². The smallest absolute Gasteiger partial charge is 0.239 e. The van der Waals surface area contributed by atoms with Gasteiger partial charge in [0.05, 0.1) is 18.8 Å². The van der Waals surface area contributed by atoms with Crippen LogP contribution in [-0.2, 0) is 23.7 Å². The summed E-state index contributed by atoms with van der Waals surface area (Å²) in [6, 6.07) is 7.22. The summed E-state index contributed by atoms with van der Waals surface area (Å²) in [7, 11) is 0. The zero-order valence-electron chi connectivity index (χ0n) is 27.5. The van der Waals surface area contributed by atoms with Crippen LogP contribution in [0, 0.1) is 0 Å². The normalized spacial score (nSPS) is 38.3. The van der Waals surface area contributed by atoms with E-state index in [2.05, 4.69) is 0 Å². The molecule has 0 radical (unpaired) electrons. The fourth-order valence-electron chi connectivity index (χ4n) is 6.20. The topological polar surface area (TPSA) is 308 Å². The molecule has 4 heterocycles. The van der Waals surface area contributed by atoms with E-state index in [9.17, 15) is 61.0 Å². The number of hydrogen-bond donors (Lipinski definition) is 11. The molecule has 0 bridgehead atoms. The number of aromatic hydroxyl groups is 3. The molecule has 3 aromatic rings. The summed E-state index contributed by atoms with van der Waals surface area (Å²) < 4.78 is 40.0. The molecule has 2 aromatic carbocycles. The third-order valence-corrected chi connectivity index (χ3v) is 9.26. The number of benzene rings is 2. The second-order valence-electron chi connectivity index (χ2n) is 12.9. The van der Waals surface area contributed by atoms with Gasteiger partial charge in [-0.05, 0) is 38.1 Å². The summed E-state index contributed by atoms with van der Waals surface area (Å²) in [6.07, 6.45) is -24.3. The predicted molar refractivity (Wildman–Crippen MR) is 170 cm³/mol. The van der Waals surface area contributed by atoms with Crippen LogP contribution < -0.4 is 10.2 Å². The van der Waals surface area contributed by atoms with Gasteiger partial charge in [0.1, 0.15) is 89.3 Å². The van der Waals surface area contributed by atoms with Crippen LogP contribution in [0.25, 0.3) is 22.3 Å². The van der Waals surface area contributed by atoms with Crippen molar-refractivity contribution in [3.8, 4) is 34.3 Å². The molecule has 3 aliphatic rings. The number of hydrogen-bond acceptors (Lipinski definition) is 19. The van der Waals surface area contributed by atoms with Crippen molar-refractivity contribution in [2.45, 2.75) is 106 Å². The lowest BCUT2D eigenvalue weighted by molar-refractivity contribution is -0.367. The first kappa shape index (κ1) is 38.1. The van der Waals surface area contributed by atoms with E-state index in [0.29, 0.717) is 0 Å². The quantitative estimate of drug-likeness (QED) is 0.113. The number of rotatable bonds is 8. The van der Waals surface area contributed by atoms with Gasteiger partial charge in [-0.2, -0.15) is 0 Å². The van der Waals surface area contributed by atoms with Crippen LogP contribution in [0.2, 0.25) is 0 Å². The number of aliphatic hydroxyl groups is 8. The summed E-state index contributed by atoms with van der Waals surface area (Å²) in [5, 5.41) is 114. The van der Waals surface area contributed by atoms with Crippen LogP contribution in [0.15, 0.2) is 45.6 Å². The Kier molecular flexibility index (Phi) is 11.0. The van der Waals surface area contributed by atoms with Crippen LogP contribution in [0.4, 0.5) is 0 Å². The lowest BCUT2D eigenvalue weighted by atomic mass is 9.97. The van der Waals surface area contributed by atoms with Gasteiger partial charge < -0.3 is 89.0 Å². The van der Waals surface area contributed by atoms with Gasteiger partial charge in [-0.25, -0.2) is 0 Å². The van der Waals surface area contributed by atoms with Crippen molar-refractivity contribution in [2.75, 3.05) is 6.61 Å². The Bertz CT molecular complexity index is 1770. The van der Waals surface area contributed by atoms with Gasteiger partial charge in [-0.1, -0.05) is 0 Å². The summed E-state index contributed by atoms with van der Waals surface area (Å²) in [5.74, 6) is -2.15. The molecule has 0 saturated carbocycles. The number of phenolic OH excluding ortho intramolecular Hbond substituents is 3. The predicted octanol–water partition coefficient (Wildman–Crippen LogP) is -2.54. The van der Waals surface area contributed by atoms with Crippen molar-refractivity contribution in [1.82, 2.24) is 0 Å². The standard InChI is InChI=1S/C33H40O19/c1-10-19(37)23(41)26(44)31(47-10)52-30-25(43)20(38)11(2)48-33(30)46-9-17-21(39)24(42)27(45)32(50-17)51-29-22(40)18-15(36)7-14(35)8-16(18)49-28(29)12-3-5-13(34)6-4-12/h3-8,10-11,17,19-21,23-27,30-39,41-45H,9H2,1-2H3/t10-,11-,17+,19-,20-,21+,23+,24-,25+,26+,27+,30+,31-,32-,33+/m0/s1. The van der Waals surface area contributed by atoms with E-state index in [4.69, 9.17) is 32.8 Å². The van der Waals surface area contributed by atoms with Crippen molar-refractivity contribution in [1.29, 1.82) is 0 Å². The van der Waals surface area contributed by atoms with E-state index in [1.807, 2.05) is 0 Å². The van der Waals surface area contributed by atoms with Gasteiger partial charge >= 0.3 is 0 Å². The van der Waals surface area contributed by atoms with Crippen molar-refractivity contribution in [2.24, 2.45) is 0 Å². The molecule has 0 amide bonds. The first-order valence-corrected chi connectivity index (χ1v) is 16.2. The highest BCUT2D eigenvalue weighted by Gasteiger charge is 2.51. The van der Waals surface area contributed by atoms with Gasteiger partial charge in [-0.15, -0.1) is 0 Å². The van der Waals surface area contributed by atoms with Crippen LogP contribution in [0.3, 0.4) is 0 Å². The largest absolute Gasteiger partial charge is 0.508 e. The van der Waals surface area contributed by atoms with Crippen molar-refractivity contribution in [3.05, 3.63) is 46.6 Å². The highest BCUT2D eigenvalue weighted by Crippen LogP contribution is 2.38. The van der Waals surface area contributed by atoms with Crippen LogP contribution in [0.1, 0.15) is 13.8 Å². The molecule has 6 rings (SSSR count). The molecule has 3 saturated heterocycles. The molecular weight excluding hydrogens is 700 g/mol. The minimum atomic E-state index is -1.99. The molecule has 3 aliphatic heterocycles. The van der Waals surface area contributed by atoms with Crippen LogP contribution >= 0.6 is 0 Å². The molecule has 1 aromatic heterocycles. The lowest BCUT2D eigenvalue weighted by Crippen LogP contribution is -2.64. The summed E-state index contributed by atoms with van der Waals surface area (Å²) >= 11 is 0. The second-order valence-corrected chi connectivity index (χ2v) is 12.9. The monoisotopic (exact) mass is 740 g/mol. The Morgan fingerprint density at radius 3 is 1.92 bits per heavy atom. The maximum atomic E-state index is 13.7. The Morgan fingerprint density at radius 2 is 1.25 bits per heavy atom. The summed E-state index contributed by atoms with van der Waals surface area (Å²) in [4.78, 5) is 13.7. The third kappa shape index (κ3) is 7.16. The molecule has 52 heavy (non-hydrogen) atoms. The molecule has 0 spiro atoms.